The molecule has 3 heterocycles. The summed E-state index contributed by atoms with van der Waals surface area (Å²) >= 11 is 0. The van der Waals surface area contributed by atoms with E-state index in [9.17, 15) is 9.59 Å². The molecule has 0 spiro atoms. The molecule has 2 aromatic carbocycles. The van der Waals surface area contributed by atoms with E-state index in [1.54, 1.807) is 49.6 Å². The minimum Gasteiger partial charge on any atom is -0.497 e. The monoisotopic (exact) mass is 450 g/mol. The highest BCUT2D eigenvalue weighted by Crippen LogP contribution is 2.35. The van der Waals surface area contributed by atoms with Crippen molar-refractivity contribution >= 4 is 17.6 Å². The van der Waals surface area contributed by atoms with E-state index in [2.05, 4.69) is 16.2 Å². The van der Waals surface area contributed by atoms with Gasteiger partial charge in [0.1, 0.15) is 24.2 Å². The number of rotatable bonds is 6. The fourth-order valence-electron chi connectivity index (χ4n) is 4.43. The molecule has 3 unspecified atom stereocenters. The van der Waals surface area contributed by atoms with Crippen molar-refractivity contribution in [3.8, 4) is 11.5 Å². The highest BCUT2D eigenvalue weighted by atomic mass is 16.5. The number of ether oxygens (including phenoxy) is 2. The summed E-state index contributed by atoms with van der Waals surface area (Å²) in [7, 11) is 3.21. The molecule has 3 atom stereocenters. The van der Waals surface area contributed by atoms with Crippen LogP contribution in [0.4, 0.5) is 10.5 Å². The molecule has 2 fully saturated rings. The molecule has 3 amide bonds. The molecule has 0 radical (unpaired) electrons. The number of nitrogens with one attached hydrogen (secondary N) is 3. The Morgan fingerprint density at radius 1 is 1.06 bits per heavy atom. The summed E-state index contributed by atoms with van der Waals surface area (Å²) < 4.78 is 10.4. The van der Waals surface area contributed by atoms with E-state index in [0.717, 1.165) is 17.7 Å². The largest absolute Gasteiger partial charge is 0.497 e. The number of methoxy groups -OCH3 is 2. The number of carbonyl (C=O) groups is 2. The van der Waals surface area contributed by atoms with E-state index in [4.69, 9.17) is 9.47 Å². The third-order valence-electron chi connectivity index (χ3n) is 6.10. The molecule has 10 nitrogen and oxygen atoms in total. The van der Waals surface area contributed by atoms with E-state index in [1.165, 1.54) is 5.01 Å². The van der Waals surface area contributed by atoms with Crippen molar-refractivity contribution in [3.63, 3.8) is 0 Å². The fourth-order valence-corrected chi connectivity index (χ4v) is 4.43. The van der Waals surface area contributed by atoms with Gasteiger partial charge in [-0.1, -0.05) is 18.2 Å². The Bertz CT molecular complexity index is 1070. The predicted octanol–water partition coefficient (Wildman–Crippen LogP) is 2.02. The lowest BCUT2D eigenvalue weighted by Gasteiger charge is -2.34. The number of benzene rings is 2. The van der Waals surface area contributed by atoms with Crippen molar-refractivity contribution in [2.75, 3.05) is 26.1 Å². The van der Waals surface area contributed by atoms with Crippen LogP contribution in [0.2, 0.25) is 0 Å². The van der Waals surface area contributed by atoms with Gasteiger partial charge in [-0.25, -0.2) is 20.7 Å². The van der Waals surface area contributed by atoms with E-state index in [-0.39, 0.29) is 36.7 Å². The second-order valence-corrected chi connectivity index (χ2v) is 8.09. The number of hydrazine groups is 2. The van der Waals surface area contributed by atoms with Crippen LogP contribution in [0.25, 0.3) is 0 Å². The number of fused-ring (bicyclic) bond motifs is 3. The zero-order valence-corrected chi connectivity index (χ0v) is 18.4. The standard InChI is InChI=1S/C23H26N6O4/c1-32-17-8-6-15(7-9-17)19-13-20-22-26-29(23(31)27(22)10-11-28(20)25-19)14-21(30)24-16-4-3-5-18(12-16)33-2/h3-12,19-20,22,25-26H,13-14H2,1-2H3,(H,24,30). The topological polar surface area (TPSA) is 98.4 Å². The summed E-state index contributed by atoms with van der Waals surface area (Å²) in [5, 5.41) is 6.19. The van der Waals surface area contributed by atoms with Crippen LogP contribution in [0.15, 0.2) is 60.9 Å². The Labute approximate surface area is 191 Å². The van der Waals surface area contributed by atoms with E-state index >= 15 is 0 Å². The lowest BCUT2D eigenvalue weighted by molar-refractivity contribution is -0.117. The SMILES string of the molecule is COc1ccc(C2CC3C4NN(CC(=O)Nc5cccc(OC)c5)C(=O)N4C=CN3N2)cc1. The van der Waals surface area contributed by atoms with E-state index in [0.29, 0.717) is 11.4 Å². The Morgan fingerprint density at radius 3 is 2.61 bits per heavy atom. The molecule has 33 heavy (non-hydrogen) atoms. The lowest BCUT2D eigenvalue weighted by Crippen LogP contribution is -2.54. The zero-order chi connectivity index (χ0) is 22.9. The first-order valence-electron chi connectivity index (χ1n) is 10.7. The predicted molar refractivity (Wildman–Crippen MR) is 121 cm³/mol. The number of urea groups is 1. The molecule has 5 rings (SSSR count). The summed E-state index contributed by atoms with van der Waals surface area (Å²) in [5.41, 5.74) is 8.46. The molecule has 2 saturated heterocycles. The fraction of sp³-hybridized carbons (Fsp3) is 0.304. The number of hydrogen-bond acceptors (Lipinski definition) is 7. The van der Waals surface area contributed by atoms with Crippen molar-refractivity contribution in [3.05, 3.63) is 66.5 Å². The Kier molecular flexibility index (Phi) is 5.53. The maximum absolute atomic E-state index is 12.9. The molecule has 0 aromatic heterocycles. The summed E-state index contributed by atoms with van der Waals surface area (Å²) in [6, 6.07) is 14.9. The van der Waals surface area contributed by atoms with Crippen LogP contribution >= 0.6 is 0 Å². The molecule has 3 N–H and O–H groups in total. The molecule has 0 saturated carbocycles. The van der Waals surface area contributed by atoms with Crippen LogP contribution in [0.5, 0.6) is 11.5 Å². The third-order valence-corrected chi connectivity index (χ3v) is 6.10. The highest BCUT2D eigenvalue weighted by Gasteiger charge is 2.48. The quantitative estimate of drug-likeness (QED) is 0.619. The average molecular weight is 450 g/mol. The first-order chi connectivity index (χ1) is 16.1. The molecule has 2 aromatic rings. The van der Waals surface area contributed by atoms with Crippen LogP contribution < -0.4 is 25.6 Å². The smallest absolute Gasteiger partial charge is 0.340 e. The maximum atomic E-state index is 12.9. The minimum atomic E-state index is -0.301. The van der Waals surface area contributed by atoms with Gasteiger partial charge in [0.2, 0.25) is 5.91 Å². The number of anilines is 1. The Balaban J connectivity index is 1.23. The number of nitrogens with zero attached hydrogens (tertiary/aromatic N) is 3. The second-order valence-electron chi connectivity index (χ2n) is 8.09. The van der Waals surface area contributed by atoms with Crippen molar-refractivity contribution in [2.45, 2.75) is 24.7 Å². The summed E-state index contributed by atoms with van der Waals surface area (Å²) in [5.74, 6) is 1.16. The molecule has 172 valence electrons. The second kappa shape index (κ2) is 8.64. The highest BCUT2D eigenvalue weighted by molar-refractivity contribution is 5.94. The van der Waals surface area contributed by atoms with Crippen LogP contribution in [-0.4, -0.2) is 59.8 Å². The molecule has 0 bridgehead atoms. The first-order valence-corrected chi connectivity index (χ1v) is 10.7. The van der Waals surface area contributed by atoms with Gasteiger partial charge >= 0.3 is 6.03 Å². The normalized spacial score (nSPS) is 23.4. The average Bonchev–Trinajstić information content (AvgIpc) is 3.41. The molecule has 0 aliphatic carbocycles. The van der Waals surface area contributed by atoms with Crippen molar-refractivity contribution in [1.82, 2.24) is 25.8 Å². The van der Waals surface area contributed by atoms with E-state index < -0.39 is 0 Å². The molecule has 10 heteroatoms. The van der Waals surface area contributed by atoms with Gasteiger partial charge in [-0.3, -0.25) is 9.69 Å². The van der Waals surface area contributed by atoms with Gasteiger partial charge in [-0.2, -0.15) is 0 Å². The number of amides is 3. The van der Waals surface area contributed by atoms with Gasteiger partial charge < -0.3 is 19.8 Å². The summed E-state index contributed by atoms with van der Waals surface area (Å²) in [6.07, 6.45) is 4.12. The molecule has 3 aliphatic heterocycles. The lowest BCUT2D eigenvalue weighted by atomic mass is 10.00. The van der Waals surface area contributed by atoms with Gasteiger partial charge in [0.15, 0.2) is 0 Å². The van der Waals surface area contributed by atoms with Crippen molar-refractivity contribution in [2.24, 2.45) is 0 Å². The Hall–Kier alpha value is -3.76. The van der Waals surface area contributed by atoms with Gasteiger partial charge in [0, 0.05) is 24.2 Å². The zero-order valence-electron chi connectivity index (χ0n) is 18.4. The molecular weight excluding hydrogens is 424 g/mol. The third kappa shape index (κ3) is 4.06. The molecule has 3 aliphatic rings. The van der Waals surface area contributed by atoms with Gasteiger partial charge in [0.05, 0.1) is 26.3 Å². The van der Waals surface area contributed by atoms with Gasteiger partial charge in [-0.05, 0) is 36.2 Å². The number of hydrogen-bond donors (Lipinski definition) is 3. The van der Waals surface area contributed by atoms with Crippen LogP contribution in [-0.2, 0) is 4.79 Å². The summed E-state index contributed by atoms with van der Waals surface area (Å²) in [4.78, 5) is 27.1. The minimum absolute atomic E-state index is 0.0116. The van der Waals surface area contributed by atoms with Gasteiger partial charge in [-0.15, -0.1) is 0 Å². The van der Waals surface area contributed by atoms with Crippen LogP contribution in [0, 0.1) is 0 Å². The van der Waals surface area contributed by atoms with Crippen LogP contribution in [0.3, 0.4) is 0 Å². The van der Waals surface area contributed by atoms with Crippen LogP contribution in [0.1, 0.15) is 18.0 Å². The Morgan fingerprint density at radius 2 is 1.85 bits per heavy atom. The molecular formula is C23H26N6O4. The van der Waals surface area contributed by atoms with Gasteiger partial charge in [0.25, 0.3) is 0 Å². The summed E-state index contributed by atoms with van der Waals surface area (Å²) in [6.45, 7) is -0.112. The first kappa shape index (κ1) is 21.1. The number of carbonyl (C=O) groups excluding carboxylic acids is 2. The maximum Gasteiger partial charge on any atom is 0.340 e. The van der Waals surface area contributed by atoms with E-state index in [1.807, 2.05) is 35.5 Å². The van der Waals surface area contributed by atoms with Crippen molar-refractivity contribution < 1.29 is 19.1 Å². The van der Waals surface area contributed by atoms with Crippen molar-refractivity contribution in [1.29, 1.82) is 0 Å².